The number of amides is 3. The Hall–Kier alpha value is -3.67. The molecule has 10 nitrogen and oxygen atoms in total. The first kappa shape index (κ1) is 29.8. The van der Waals surface area contributed by atoms with Crippen molar-refractivity contribution in [3.63, 3.8) is 0 Å². The van der Waals surface area contributed by atoms with Crippen molar-refractivity contribution in [2.75, 3.05) is 19.6 Å². The molecule has 2 saturated heterocycles. The predicted octanol–water partition coefficient (Wildman–Crippen LogP) is 3.93. The molecule has 2 N–H and O–H groups in total. The lowest BCUT2D eigenvalue weighted by Gasteiger charge is -2.40. The van der Waals surface area contributed by atoms with Crippen molar-refractivity contribution in [1.29, 1.82) is 0 Å². The smallest absolute Gasteiger partial charge is 0.407 e. The average Bonchev–Trinajstić information content (AvgIpc) is 3.34. The number of carbonyl (C=O) groups is 3. The Morgan fingerprint density at radius 2 is 1.76 bits per heavy atom. The van der Waals surface area contributed by atoms with Gasteiger partial charge in [-0.25, -0.2) is 13.2 Å². The molecule has 12 heteroatoms. The fraction of sp³-hybridized carbons (Fsp3) is 0.367. The summed E-state index contributed by atoms with van der Waals surface area (Å²) in [5.74, 6) is -0.744. The van der Waals surface area contributed by atoms with E-state index in [1.807, 2.05) is 30.3 Å². The Balaban J connectivity index is 1.23. The number of halogens is 1. The summed E-state index contributed by atoms with van der Waals surface area (Å²) in [6.45, 7) is 2.77. The van der Waals surface area contributed by atoms with Crippen molar-refractivity contribution >= 4 is 50.3 Å². The normalized spacial score (nSPS) is 20.1. The van der Waals surface area contributed by atoms with E-state index in [-0.39, 0.29) is 42.9 Å². The molecule has 2 fully saturated rings. The summed E-state index contributed by atoms with van der Waals surface area (Å²) in [5, 5.41) is 11.9. The standard InChI is InChI=1S/C30H33ClN4O6S/c1-20(28(36)33-14-5-8-25(19-33)35(30(38)39)18-21-6-3-2-4-7-21)34-15-13-27(29(34)37)32-42(40,41)26-12-10-22-16-24(31)11-9-23(22)17-26/h2-4,6-7,9-12,16-17,20,25,27,32H,5,8,13-15,18-19H2,1H3,(H,38,39)/t20-,25-,27-/m0/s1. The largest absolute Gasteiger partial charge is 0.465 e. The summed E-state index contributed by atoms with van der Waals surface area (Å²) in [6.07, 6.45) is 0.443. The van der Waals surface area contributed by atoms with Crippen LogP contribution in [0.15, 0.2) is 71.6 Å². The van der Waals surface area contributed by atoms with Crippen LogP contribution in [-0.4, -0.2) is 83.9 Å². The van der Waals surface area contributed by atoms with E-state index in [0.717, 1.165) is 10.9 Å². The van der Waals surface area contributed by atoms with Crippen molar-refractivity contribution in [1.82, 2.24) is 19.4 Å². The zero-order valence-corrected chi connectivity index (χ0v) is 24.7. The molecule has 42 heavy (non-hydrogen) atoms. The van der Waals surface area contributed by atoms with Gasteiger partial charge in [-0.1, -0.05) is 54.1 Å². The molecule has 0 bridgehead atoms. The van der Waals surface area contributed by atoms with Gasteiger partial charge in [0.1, 0.15) is 12.1 Å². The van der Waals surface area contributed by atoms with Crippen molar-refractivity contribution in [2.24, 2.45) is 0 Å². The van der Waals surface area contributed by atoms with Crippen LogP contribution in [0.5, 0.6) is 0 Å². The zero-order chi connectivity index (χ0) is 30.0. The van der Waals surface area contributed by atoms with E-state index < -0.39 is 34.1 Å². The molecule has 3 amide bonds. The fourth-order valence-corrected chi connectivity index (χ4v) is 7.19. The van der Waals surface area contributed by atoms with E-state index in [4.69, 9.17) is 11.6 Å². The molecule has 0 radical (unpaired) electrons. The molecule has 0 aromatic heterocycles. The lowest BCUT2D eigenvalue weighted by Crippen LogP contribution is -2.56. The van der Waals surface area contributed by atoms with Crippen molar-refractivity contribution in [2.45, 2.75) is 55.8 Å². The molecule has 2 heterocycles. The van der Waals surface area contributed by atoms with Gasteiger partial charge < -0.3 is 14.9 Å². The lowest BCUT2D eigenvalue weighted by atomic mass is 10.0. The molecule has 2 aliphatic rings. The molecule has 0 unspecified atom stereocenters. The topological polar surface area (TPSA) is 127 Å². The van der Waals surface area contributed by atoms with Gasteiger partial charge in [0.15, 0.2) is 0 Å². The number of nitrogens with zero attached hydrogens (tertiary/aromatic N) is 3. The summed E-state index contributed by atoms with van der Waals surface area (Å²) in [6, 6.07) is 16.9. The molecule has 3 aromatic rings. The van der Waals surface area contributed by atoms with E-state index in [9.17, 15) is 27.9 Å². The van der Waals surface area contributed by atoms with Crippen LogP contribution in [0.4, 0.5) is 4.79 Å². The number of rotatable bonds is 8. The quantitative estimate of drug-likeness (QED) is 0.397. The maximum Gasteiger partial charge on any atom is 0.407 e. The van der Waals surface area contributed by atoms with E-state index in [0.29, 0.717) is 29.8 Å². The number of benzene rings is 3. The van der Waals surface area contributed by atoms with E-state index >= 15 is 0 Å². The van der Waals surface area contributed by atoms with Crippen LogP contribution in [-0.2, 0) is 26.2 Å². The Bertz CT molecular complexity index is 1600. The van der Waals surface area contributed by atoms with Gasteiger partial charge in [0.25, 0.3) is 0 Å². The summed E-state index contributed by atoms with van der Waals surface area (Å²) < 4.78 is 28.8. The van der Waals surface area contributed by atoms with E-state index in [1.165, 1.54) is 21.9 Å². The number of hydrogen-bond donors (Lipinski definition) is 2. The first-order valence-corrected chi connectivity index (χ1v) is 15.7. The second kappa shape index (κ2) is 12.3. The van der Waals surface area contributed by atoms with Crippen LogP contribution >= 0.6 is 11.6 Å². The number of likely N-dealkylation sites (tertiary alicyclic amines) is 2. The minimum Gasteiger partial charge on any atom is -0.465 e. The van der Waals surface area contributed by atoms with Crippen LogP contribution in [0.25, 0.3) is 10.8 Å². The van der Waals surface area contributed by atoms with Gasteiger partial charge in [-0.15, -0.1) is 0 Å². The highest BCUT2D eigenvalue weighted by Gasteiger charge is 2.41. The Morgan fingerprint density at radius 1 is 1.05 bits per heavy atom. The summed E-state index contributed by atoms with van der Waals surface area (Å²) in [4.78, 5) is 43.3. The summed E-state index contributed by atoms with van der Waals surface area (Å²) in [5.41, 5.74) is 0.862. The third kappa shape index (κ3) is 6.38. The zero-order valence-electron chi connectivity index (χ0n) is 23.1. The summed E-state index contributed by atoms with van der Waals surface area (Å²) >= 11 is 6.03. The Kier molecular flexibility index (Phi) is 8.72. The lowest BCUT2D eigenvalue weighted by molar-refractivity contribution is -0.144. The highest BCUT2D eigenvalue weighted by atomic mass is 35.5. The van der Waals surface area contributed by atoms with Crippen LogP contribution in [0.3, 0.4) is 0 Å². The first-order valence-electron chi connectivity index (χ1n) is 13.9. The molecular formula is C30H33ClN4O6S. The van der Waals surface area contributed by atoms with Gasteiger partial charge >= 0.3 is 6.09 Å². The third-order valence-electron chi connectivity index (χ3n) is 8.04. The number of carboxylic acid groups (broad SMARTS) is 1. The first-order chi connectivity index (χ1) is 20.0. The molecule has 3 aromatic carbocycles. The van der Waals surface area contributed by atoms with Gasteiger partial charge in [-0.05, 0) is 66.8 Å². The van der Waals surface area contributed by atoms with Gasteiger partial charge in [-0.3, -0.25) is 14.5 Å². The van der Waals surface area contributed by atoms with Gasteiger partial charge in [-0.2, -0.15) is 4.72 Å². The fourth-order valence-electron chi connectivity index (χ4n) is 5.75. The Labute approximate surface area is 249 Å². The van der Waals surface area contributed by atoms with Crippen LogP contribution in [0.1, 0.15) is 31.7 Å². The molecule has 5 rings (SSSR count). The van der Waals surface area contributed by atoms with Gasteiger partial charge in [0, 0.05) is 31.2 Å². The minimum atomic E-state index is -4.01. The molecule has 0 aliphatic carbocycles. The number of sulfonamides is 1. The molecule has 222 valence electrons. The number of piperidine rings is 1. The molecule has 3 atom stereocenters. The van der Waals surface area contributed by atoms with Gasteiger partial charge in [0.2, 0.25) is 21.8 Å². The number of carbonyl (C=O) groups excluding carboxylic acids is 2. The van der Waals surface area contributed by atoms with Crippen molar-refractivity contribution < 1.29 is 27.9 Å². The van der Waals surface area contributed by atoms with Crippen molar-refractivity contribution in [3.05, 3.63) is 77.3 Å². The second-order valence-corrected chi connectivity index (χ2v) is 13.0. The third-order valence-corrected chi connectivity index (χ3v) is 9.74. The average molecular weight is 613 g/mol. The number of fused-ring (bicyclic) bond motifs is 1. The van der Waals surface area contributed by atoms with Crippen molar-refractivity contribution in [3.8, 4) is 0 Å². The predicted molar refractivity (Wildman–Crippen MR) is 158 cm³/mol. The minimum absolute atomic E-state index is 0.0329. The molecule has 0 spiro atoms. The van der Waals surface area contributed by atoms with Crippen LogP contribution < -0.4 is 4.72 Å². The maximum atomic E-state index is 13.5. The number of hydrogen-bond acceptors (Lipinski definition) is 5. The second-order valence-electron chi connectivity index (χ2n) is 10.8. The van der Waals surface area contributed by atoms with Crippen LogP contribution in [0.2, 0.25) is 5.02 Å². The molecular weight excluding hydrogens is 580 g/mol. The Morgan fingerprint density at radius 3 is 2.50 bits per heavy atom. The maximum absolute atomic E-state index is 13.5. The molecule has 0 saturated carbocycles. The SMILES string of the molecule is C[C@@H](C(=O)N1CCC[C@H](N(Cc2ccccc2)C(=O)O)C1)N1CC[C@H](NS(=O)(=O)c2ccc3cc(Cl)ccc3c2)C1=O. The van der Waals surface area contributed by atoms with Gasteiger partial charge in [0.05, 0.1) is 10.9 Å². The monoisotopic (exact) mass is 612 g/mol. The highest BCUT2D eigenvalue weighted by Crippen LogP contribution is 2.25. The summed E-state index contributed by atoms with van der Waals surface area (Å²) in [7, 11) is -4.01. The van der Waals surface area contributed by atoms with Crippen LogP contribution in [0, 0.1) is 0 Å². The van der Waals surface area contributed by atoms with E-state index in [1.54, 1.807) is 36.1 Å². The number of nitrogens with one attached hydrogen (secondary N) is 1. The van der Waals surface area contributed by atoms with E-state index in [2.05, 4.69) is 4.72 Å². The molecule has 2 aliphatic heterocycles. The highest BCUT2D eigenvalue weighted by molar-refractivity contribution is 7.89.